The van der Waals surface area contributed by atoms with Crippen LogP contribution in [0.1, 0.15) is 33.2 Å². The number of carbonyl (C=O) groups is 2. The fraction of sp³-hybridized carbons (Fsp3) is 0.217. The Hall–Kier alpha value is -4.40. The number of ether oxygens (including phenoxy) is 1. The molecule has 202 valence electrons. The van der Waals surface area contributed by atoms with Crippen LogP contribution in [0, 0.1) is 0 Å². The number of benzene rings is 2. The number of Topliss-reactive ketones (excluding diaryl/α,β-unsaturated/α-hetero) is 1. The van der Waals surface area contributed by atoms with Gasteiger partial charge in [0.2, 0.25) is 5.78 Å². The molecule has 0 saturated carbocycles. The van der Waals surface area contributed by atoms with Crippen LogP contribution in [-0.4, -0.2) is 35.4 Å². The molecular formula is C23H21F3N4O7S. The molecule has 0 fully saturated rings. The number of nitrogens with one attached hydrogen (secondary N) is 1. The van der Waals surface area contributed by atoms with E-state index in [1.807, 2.05) is 4.72 Å². The zero-order chi connectivity index (χ0) is 28.6. The zero-order valence-electron chi connectivity index (χ0n) is 20.1. The quantitative estimate of drug-likeness (QED) is 0.331. The summed E-state index contributed by atoms with van der Waals surface area (Å²) in [5, 5.41) is 0. The predicted octanol–water partition coefficient (Wildman–Crippen LogP) is 1.91. The third kappa shape index (κ3) is 5.61. The molecule has 3 N–H and O–H groups in total. The topological polar surface area (TPSA) is 160 Å². The molecule has 2 aromatic carbocycles. The molecule has 0 bridgehead atoms. The predicted molar refractivity (Wildman–Crippen MR) is 129 cm³/mol. The van der Waals surface area contributed by atoms with Crippen molar-refractivity contribution < 1.29 is 35.9 Å². The lowest BCUT2D eigenvalue weighted by Gasteiger charge is -2.16. The molecular weight excluding hydrogens is 533 g/mol. The van der Waals surface area contributed by atoms with Gasteiger partial charge in [-0.15, -0.1) is 0 Å². The van der Waals surface area contributed by atoms with Crippen molar-refractivity contribution in [3.05, 3.63) is 86.1 Å². The van der Waals surface area contributed by atoms with Gasteiger partial charge in [-0.2, -0.15) is 13.2 Å². The average molecular weight is 555 g/mol. The largest absolute Gasteiger partial charge is 0.451 e. The molecule has 3 rings (SSSR count). The number of esters is 1. The summed E-state index contributed by atoms with van der Waals surface area (Å²) in [4.78, 5) is 49.4. The third-order valence-corrected chi connectivity index (χ3v) is 6.81. The summed E-state index contributed by atoms with van der Waals surface area (Å²) in [6, 6.07) is 7.89. The Bertz CT molecular complexity index is 1660. The summed E-state index contributed by atoms with van der Waals surface area (Å²) in [6.45, 7) is 1.15. The maximum atomic E-state index is 12.9. The number of hydrogen-bond donors (Lipinski definition) is 2. The van der Waals surface area contributed by atoms with Gasteiger partial charge in [0.1, 0.15) is 11.4 Å². The number of nitrogens with two attached hydrogens (primary N) is 1. The molecule has 0 aliphatic rings. The molecule has 0 aliphatic carbocycles. The standard InChI is InChI=1S/C23H21F3N4O7S/c1-12(18(31)17-19(27)29(2)22(34)30(3)20(17)32)37-21(33)13-6-4-9-16(10-13)38(35,36)28-15-8-5-7-14(11-15)23(24,25)26/h4-12,28H,27H2,1-3H3/t12-/m1/s1. The van der Waals surface area contributed by atoms with E-state index >= 15 is 0 Å². The maximum Gasteiger partial charge on any atom is 0.416 e. The van der Waals surface area contributed by atoms with Gasteiger partial charge in [0.15, 0.2) is 6.10 Å². The molecule has 0 unspecified atom stereocenters. The minimum atomic E-state index is -4.69. The molecule has 1 heterocycles. The number of anilines is 2. The molecule has 0 amide bonds. The van der Waals surface area contributed by atoms with Gasteiger partial charge >= 0.3 is 17.8 Å². The van der Waals surface area contributed by atoms with Crippen LogP contribution in [-0.2, 0) is 35.0 Å². The maximum absolute atomic E-state index is 12.9. The fourth-order valence-corrected chi connectivity index (χ4v) is 4.44. The van der Waals surface area contributed by atoms with Gasteiger partial charge in [-0.3, -0.25) is 23.4 Å². The summed E-state index contributed by atoms with van der Waals surface area (Å²) in [5.74, 6) is -2.57. The second kappa shape index (κ2) is 10.2. The molecule has 0 aliphatic heterocycles. The van der Waals surface area contributed by atoms with E-state index in [0.717, 1.165) is 48.9 Å². The molecule has 0 radical (unpaired) electrons. The van der Waals surface area contributed by atoms with Crippen molar-refractivity contribution in [2.45, 2.75) is 24.1 Å². The van der Waals surface area contributed by atoms with Crippen molar-refractivity contribution in [1.29, 1.82) is 0 Å². The van der Waals surface area contributed by atoms with Crippen molar-refractivity contribution in [3.63, 3.8) is 0 Å². The average Bonchev–Trinajstić information content (AvgIpc) is 2.85. The molecule has 1 atom stereocenters. The number of nitrogens with zero attached hydrogens (tertiary/aromatic N) is 2. The highest BCUT2D eigenvalue weighted by Crippen LogP contribution is 2.31. The second-order valence-electron chi connectivity index (χ2n) is 8.09. The summed E-state index contributed by atoms with van der Waals surface area (Å²) in [7, 11) is -2.05. The van der Waals surface area contributed by atoms with Crippen LogP contribution < -0.4 is 21.7 Å². The van der Waals surface area contributed by atoms with Gasteiger partial charge in [0.25, 0.3) is 15.6 Å². The van der Waals surface area contributed by atoms with E-state index in [1.54, 1.807) is 0 Å². The van der Waals surface area contributed by atoms with Gasteiger partial charge in [-0.25, -0.2) is 18.0 Å². The van der Waals surface area contributed by atoms with E-state index in [9.17, 15) is 40.8 Å². The van der Waals surface area contributed by atoms with Crippen LogP contribution in [0.3, 0.4) is 0 Å². The minimum Gasteiger partial charge on any atom is -0.451 e. The number of carbonyl (C=O) groups excluding carboxylic acids is 2. The Morgan fingerprint density at radius 2 is 1.66 bits per heavy atom. The van der Waals surface area contributed by atoms with E-state index in [0.29, 0.717) is 10.6 Å². The number of rotatable bonds is 7. The number of alkyl halides is 3. The number of nitrogen functional groups attached to an aromatic ring is 1. The lowest BCUT2D eigenvalue weighted by molar-refractivity contribution is -0.137. The highest BCUT2D eigenvalue weighted by Gasteiger charge is 2.31. The van der Waals surface area contributed by atoms with Crippen LogP contribution >= 0.6 is 0 Å². The SMILES string of the molecule is C[C@@H](OC(=O)c1cccc(S(=O)(=O)Nc2cccc(C(F)(F)F)c2)c1)C(=O)c1c(N)n(C)c(=O)n(C)c1=O. The first-order valence-corrected chi connectivity index (χ1v) is 12.1. The van der Waals surface area contributed by atoms with Crippen LogP contribution in [0.15, 0.2) is 63.0 Å². The lowest BCUT2D eigenvalue weighted by atomic mass is 10.1. The first kappa shape index (κ1) is 28.2. The van der Waals surface area contributed by atoms with Crippen LogP contribution in [0.25, 0.3) is 0 Å². The van der Waals surface area contributed by atoms with E-state index < -0.39 is 67.1 Å². The summed E-state index contributed by atoms with van der Waals surface area (Å²) in [5.41, 5.74) is 1.68. The Balaban J connectivity index is 1.84. The summed E-state index contributed by atoms with van der Waals surface area (Å²) < 4.78 is 72.9. The van der Waals surface area contributed by atoms with Gasteiger partial charge in [-0.1, -0.05) is 12.1 Å². The van der Waals surface area contributed by atoms with Crippen molar-refractivity contribution in [1.82, 2.24) is 9.13 Å². The first-order valence-electron chi connectivity index (χ1n) is 10.7. The second-order valence-corrected chi connectivity index (χ2v) is 9.77. The molecule has 38 heavy (non-hydrogen) atoms. The minimum absolute atomic E-state index is 0.307. The Morgan fingerprint density at radius 3 is 2.29 bits per heavy atom. The van der Waals surface area contributed by atoms with E-state index in [2.05, 4.69) is 0 Å². The molecule has 11 nitrogen and oxygen atoms in total. The van der Waals surface area contributed by atoms with Crippen LogP contribution in [0.4, 0.5) is 24.7 Å². The van der Waals surface area contributed by atoms with E-state index in [1.165, 1.54) is 19.2 Å². The van der Waals surface area contributed by atoms with Gasteiger partial charge in [0, 0.05) is 19.8 Å². The van der Waals surface area contributed by atoms with Crippen molar-refractivity contribution in [3.8, 4) is 0 Å². The van der Waals surface area contributed by atoms with Crippen molar-refractivity contribution >= 4 is 33.3 Å². The van der Waals surface area contributed by atoms with Crippen molar-refractivity contribution in [2.24, 2.45) is 14.1 Å². The van der Waals surface area contributed by atoms with Crippen LogP contribution in [0.2, 0.25) is 0 Å². The number of hydrogen-bond acceptors (Lipinski definition) is 8. The summed E-state index contributed by atoms with van der Waals surface area (Å²) in [6.07, 6.45) is -6.25. The van der Waals surface area contributed by atoms with Crippen LogP contribution in [0.5, 0.6) is 0 Å². The molecule has 1 aromatic heterocycles. The number of sulfonamides is 1. The van der Waals surface area contributed by atoms with Gasteiger partial charge in [-0.05, 0) is 43.3 Å². The fourth-order valence-electron chi connectivity index (χ4n) is 3.34. The number of aromatic nitrogens is 2. The Kier molecular flexibility index (Phi) is 7.53. The van der Waals surface area contributed by atoms with Gasteiger partial charge in [0.05, 0.1) is 16.0 Å². The van der Waals surface area contributed by atoms with Gasteiger partial charge < -0.3 is 10.5 Å². The van der Waals surface area contributed by atoms with Crippen molar-refractivity contribution in [2.75, 3.05) is 10.5 Å². The monoisotopic (exact) mass is 554 g/mol. The summed E-state index contributed by atoms with van der Waals surface area (Å²) >= 11 is 0. The van der Waals surface area contributed by atoms with E-state index in [-0.39, 0.29) is 11.3 Å². The lowest BCUT2D eigenvalue weighted by Crippen LogP contribution is -2.43. The third-order valence-electron chi connectivity index (χ3n) is 5.43. The Labute approximate surface area is 213 Å². The number of halogens is 3. The highest BCUT2D eigenvalue weighted by molar-refractivity contribution is 7.92. The Morgan fingerprint density at radius 1 is 1.03 bits per heavy atom. The first-order chi connectivity index (χ1) is 17.5. The normalized spacial score (nSPS) is 12.6. The highest BCUT2D eigenvalue weighted by atomic mass is 32.2. The van der Waals surface area contributed by atoms with E-state index in [4.69, 9.17) is 10.5 Å². The zero-order valence-corrected chi connectivity index (χ0v) is 20.9. The number of ketones is 1. The smallest absolute Gasteiger partial charge is 0.416 e. The molecule has 15 heteroatoms. The molecule has 0 spiro atoms. The molecule has 3 aromatic rings. The molecule has 0 saturated heterocycles.